The number of aromatic nitrogens is 4. The molecule has 3 aromatic rings. The fraction of sp³-hybridized carbons (Fsp3) is 0.656. The minimum atomic E-state index is 0.200. The van der Waals surface area contributed by atoms with Gasteiger partial charge in [-0.25, -0.2) is 9.97 Å². The number of pyridine rings is 1. The summed E-state index contributed by atoms with van der Waals surface area (Å²) in [6.07, 6.45) is 13.9. The number of aliphatic hydroxyl groups is 1. The zero-order valence-corrected chi connectivity index (χ0v) is 25.2. The molecule has 3 N–H and O–H groups in total. The van der Waals surface area contributed by atoms with E-state index in [1.807, 2.05) is 23.0 Å². The van der Waals surface area contributed by atoms with Crippen molar-refractivity contribution in [3.63, 3.8) is 0 Å². The number of nitrogens with zero attached hydrogens (tertiary/aromatic N) is 6. The monoisotopic (exact) mass is 576 g/mol. The van der Waals surface area contributed by atoms with Crippen LogP contribution < -0.4 is 20.3 Å². The number of fused-ring (bicyclic) bond motifs is 1. The molecular formula is C32H48N8O2. The van der Waals surface area contributed by atoms with Crippen molar-refractivity contribution in [2.75, 3.05) is 56.1 Å². The second-order valence-electron chi connectivity index (χ2n) is 12.3. The van der Waals surface area contributed by atoms with Crippen LogP contribution in [0.25, 0.3) is 5.65 Å². The molecule has 6 heterocycles. The van der Waals surface area contributed by atoms with E-state index in [4.69, 9.17) is 9.72 Å². The lowest BCUT2D eigenvalue weighted by Gasteiger charge is -2.36. The van der Waals surface area contributed by atoms with E-state index in [1.54, 1.807) is 0 Å². The van der Waals surface area contributed by atoms with Gasteiger partial charge in [-0.3, -0.25) is 0 Å². The summed E-state index contributed by atoms with van der Waals surface area (Å²) in [4.78, 5) is 14.7. The van der Waals surface area contributed by atoms with Crippen molar-refractivity contribution in [1.82, 2.24) is 29.8 Å². The highest BCUT2D eigenvalue weighted by atomic mass is 16.5. The van der Waals surface area contributed by atoms with E-state index < -0.39 is 0 Å². The molecule has 228 valence electrons. The zero-order chi connectivity index (χ0) is 28.7. The Kier molecular flexibility index (Phi) is 9.72. The summed E-state index contributed by atoms with van der Waals surface area (Å²) >= 11 is 0. The first-order valence-corrected chi connectivity index (χ1v) is 16.2. The molecule has 0 saturated carbocycles. The van der Waals surface area contributed by atoms with Crippen molar-refractivity contribution in [3.05, 3.63) is 41.7 Å². The van der Waals surface area contributed by atoms with Gasteiger partial charge in [-0.15, -0.1) is 0 Å². The van der Waals surface area contributed by atoms with Gasteiger partial charge < -0.3 is 30.3 Å². The van der Waals surface area contributed by atoms with Gasteiger partial charge in [-0.05, 0) is 82.4 Å². The minimum absolute atomic E-state index is 0.200. The highest BCUT2D eigenvalue weighted by molar-refractivity contribution is 5.61. The van der Waals surface area contributed by atoms with Gasteiger partial charge in [0, 0.05) is 69.3 Å². The fourth-order valence-electron chi connectivity index (χ4n) is 6.86. The lowest BCUT2D eigenvalue weighted by atomic mass is 9.96. The molecule has 0 bridgehead atoms. The molecule has 3 aliphatic rings. The molecule has 0 amide bonds. The van der Waals surface area contributed by atoms with Gasteiger partial charge in [0.2, 0.25) is 5.88 Å². The molecule has 6 rings (SSSR count). The maximum atomic E-state index is 9.65. The molecule has 0 aromatic carbocycles. The summed E-state index contributed by atoms with van der Waals surface area (Å²) in [5.74, 6) is 3.43. The lowest BCUT2D eigenvalue weighted by molar-refractivity contribution is 0.0842. The summed E-state index contributed by atoms with van der Waals surface area (Å²) in [5, 5.41) is 21.4. The van der Waals surface area contributed by atoms with Gasteiger partial charge in [-0.1, -0.05) is 13.0 Å². The molecular weight excluding hydrogens is 528 g/mol. The molecule has 1 atom stereocenters. The SMILES string of the molecule is CCc1cnn2c(NCc3ccc(OC4CCN(CC5CCNCC5)CC4)nc3)cc(N3CCCC[C@H]3CCO)nc12. The predicted octanol–water partition coefficient (Wildman–Crippen LogP) is 3.88. The summed E-state index contributed by atoms with van der Waals surface area (Å²) < 4.78 is 8.20. The van der Waals surface area contributed by atoms with E-state index in [2.05, 4.69) is 49.6 Å². The van der Waals surface area contributed by atoms with E-state index in [1.165, 1.54) is 38.9 Å². The van der Waals surface area contributed by atoms with Gasteiger partial charge in [-0.2, -0.15) is 9.61 Å². The molecule has 10 nitrogen and oxygen atoms in total. The third-order valence-corrected chi connectivity index (χ3v) is 9.36. The first kappa shape index (κ1) is 29.1. The zero-order valence-electron chi connectivity index (χ0n) is 25.2. The number of ether oxygens (including phenoxy) is 1. The first-order valence-electron chi connectivity index (χ1n) is 16.2. The summed E-state index contributed by atoms with van der Waals surface area (Å²) in [6.45, 7) is 9.74. The van der Waals surface area contributed by atoms with Crippen molar-refractivity contribution in [3.8, 4) is 5.88 Å². The summed E-state index contributed by atoms with van der Waals surface area (Å²) in [5.41, 5.74) is 3.12. The minimum Gasteiger partial charge on any atom is -0.474 e. The average Bonchev–Trinajstić information content (AvgIpc) is 3.46. The van der Waals surface area contributed by atoms with Crippen LogP contribution in [0.1, 0.15) is 69.4 Å². The van der Waals surface area contributed by atoms with Crippen LogP contribution >= 0.6 is 0 Å². The normalized spacial score (nSPS) is 21.2. The number of nitrogens with one attached hydrogen (secondary N) is 2. The molecule has 3 fully saturated rings. The van der Waals surface area contributed by atoms with Crippen LogP contribution in [0.15, 0.2) is 30.6 Å². The molecule has 42 heavy (non-hydrogen) atoms. The Balaban J connectivity index is 1.07. The van der Waals surface area contributed by atoms with Gasteiger partial charge in [0.05, 0.1) is 6.20 Å². The van der Waals surface area contributed by atoms with Gasteiger partial charge >= 0.3 is 0 Å². The molecule has 3 aliphatic heterocycles. The van der Waals surface area contributed by atoms with Gasteiger partial charge in [0.25, 0.3) is 0 Å². The van der Waals surface area contributed by atoms with Crippen molar-refractivity contribution in [2.24, 2.45) is 5.92 Å². The van der Waals surface area contributed by atoms with Gasteiger partial charge in [0.15, 0.2) is 5.65 Å². The van der Waals surface area contributed by atoms with Crippen LogP contribution in [0.4, 0.5) is 11.6 Å². The van der Waals surface area contributed by atoms with E-state index in [0.29, 0.717) is 18.5 Å². The Bertz CT molecular complexity index is 1270. The molecule has 3 saturated heterocycles. The molecule has 3 aromatic heterocycles. The topological polar surface area (TPSA) is 103 Å². The van der Waals surface area contributed by atoms with Crippen LogP contribution in [0.2, 0.25) is 0 Å². The summed E-state index contributed by atoms with van der Waals surface area (Å²) in [6, 6.07) is 6.53. The van der Waals surface area contributed by atoms with Crippen LogP contribution in [-0.2, 0) is 13.0 Å². The number of likely N-dealkylation sites (tertiary alicyclic amines) is 1. The van der Waals surface area contributed by atoms with E-state index in [9.17, 15) is 5.11 Å². The number of hydrogen-bond acceptors (Lipinski definition) is 9. The quantitative estimate of drug-likeness (QED) is 0.314. The lowest BCUT2D eigenvalue weighted by Crippen LogP contribution is -2.42. The Morgan fingerprint density at radius 1 is 1.05 bits per heavy atom. The Morgan fingerprint density at radius 3 is 2.67 bits per heavy atom. The number of aryl methyl sites for hydroxylation is 1. The molecule has 10 heteroatoms. The largest absolute Gasteiger partial charge is 0.474 e. The average molecular weight is 577 g/mol. The number of piperidine rings is 3. The van der Waals surface area contributed by atoms with Crippen molar-refractivity contribution in [1.29, 1.82) is 0 Å². The molecule has 0 aliphatic carbocycles. The number of hydrogen-bond donors (Lipinski definition) is 3. The Labute approximate surface area is 249 Å². The van der Waals surface area contributed by atoms with Crippen LogP contribution in [0.3, 0.4) is 0 Å². The van der Waals surface area contributed by atoms with E-state index in [0.717, 1.165) is 92.5 Å². The van der Waals surface area contributed by atoms with Gasteiger partial charge in [0.1, 0.15) is 17.7 Å². The second kappa shape index (κ2) is 14.0. The summed E-state index contributed by atoms with van der Waals surface area (Å²) in [7, 11) is 0. The fourth-order valence-corrected chi connectivity index (χ4v) is 6.86. The second-order valence-corrected chi connectivity index (χ2v) is 12.3. The predicted molar refractivity (Wildman–Crippen MR) is 166 cm³/mol. The van der Waals surface area contributed by atoms with Crippen LogP contribution in [0.5, 0.6) is 5.88 Å². The number of aliphatic hydroxyl groups excluding tert-OH is 1. The smallest absolute Gasteiger partial charge is 0.213 e. The standard InChI is InChI=1S/C32H48N8O2/c1-2-26-22-36-40-29(19-30(37-32(26)40)39-15-4-3-5-27(39)12-18-41)34-20-25-6-7-31(35-21-25)42-28-10-16-38(17-11-28)23-24-8-13-33-14-9-24/h6-7,19,21-22,24,27-28,33-34,41H,2-5,8-18,20,23H2,1H3/t27-/m0/s1. The maximum absolute atomic E-state index is 9.65. The van der Waals surface area contributed by atoms with Crippen molar-refractivity contribution >= 4 is 17.3 Å². The molecule has 0 unspecified atom stereocenters. The highest BCUT2D eigenvalue weighted by Crippen LogP contribution is 2.29. The van der Waals surface area contributed by atoms with Crippen LogP contribution in [0, 0.1) is 5.92 Å². The third-order valence-electron chi connectivity index (χ3n) is 9.36. The first-order chi connectivity index (χ1) is 20.7. The third kappa shape index (κ3) is 6.98. The molecule has 0 radical (unpaired) electrons. The number of anilines is 2. The van der Waals surface area contributed by atoms with E-state index >= 15 is 0 Å². The Morgan fingerprint density at radius 2 is 1.90 bits per heavy atom. The number of rotatable bonds is 11. The molecule has 0 spiro atoms. The van der Waals surface area contributed by atoms with Crippen LogP contribution in [-0.4, -0.2) is 87.6 Å². The van der Waals surface area contributed by atoms with Crippen molar-refractivity contribution in [2.45, 2.75) is 83.4 Å². The Hall–Kier alpha value is -2.95. The van der Waals surface area contributed by atoms with E-state index in [-0.39, 0.29) is 12.7 Å². The highest BCUT2D eigenvalue weighted by Gasteiger charge is 2.26. The maximum Gasteiger partial charge on any atom is 0.213 e. The van der Waals surface area contributed by atoms with Crippen molar-refractivity contribution < 1.29 is 9.84 Å².